The molecule has 1 aliphatic rings. The van der Waals surface area contributed by atoms with Crippen molar-refractivity contribution < 1.29 is 5.11 Å². The summed E-state index contributed by atoms with van der Waals surface area (Å²) < 4.78 is 0. The summed E-state index contributed by atoms with van der Waals surface area (Å²) in [5.41, 5.74) is 1.45. The maximum atomic E-state index is 9.21. The molecular weight excluding hydrogens is 226 g/mol. The van der Waals surface area contributed by atoms with E-state index < -0.39 is 0 Å². The lowest BCUT2D eigenvalue weighted by Gasteiger charge is -2.35. The van der Waals surface area contributed by atoms with Gasteiger partial charge < -0.3 is 10.0 Å². The molecule has 1 saturated carbocycles. The van der Waals surface area contributed by atoms with Gasteiger partial charge in [-0.15, -0.1) is 0 Å². The van der Waals surface area contributed by atoms with E-state index in [1.165, 1.54) is 32.1 Å². The molecule has 0 atom stereocenters. The molecule has 1 aromatic heterocycles. The maximum Gasteiger partial charge on any atom is 0.140 e. The van der Waals surface area contributed by atoms with E-state index in [-0.39, 0.29) is 6.61 Å². The van der Waals surface area contributed by atoms with E-state index >= 15 is 0 Å². The number of aliphatic hydroxyl groups excluding tert-OH is 1. The third-order valence-corrected chi connectivity index (χ3v) is 3.55. The predicted molar refractivity (Wildman–Crippen MR) is 70.3 cm³/mol. The molecule has 1 heterocycles. The first-order chi connectivity index (χ1) is 8.85. The third kappa shape index (κ3) is 2.99. The van der Waals surface area contributed by atoms with E-state index in [0.717, 1.165) is 5.69 Å². The van der Waals surface area contributed by atoms with Gasteiger partial charge in [-0.25, -0.2) is 4.98 Å². The first-order valence-electron chi connectivity index (χ1n) is 6.59. The first-order valence-corrected chi connectivity index (χ1v) is 6.59. The molecule has 0 amide bonds. The molecule has 1 aromatic rings. The molecule has 1 fully saturated rings. The summed E-state index contributed by atoms with van der Waals surface area (Å²) in [6.45, 7) is 0.786. The lowest BCUT2D eigenvalue weighted by atomic mass is 9.94. The molecule has 0 radical (unpaired) electrons. The van der Waals surface area contributed by atoms with Crippen LogP contribution in [0.25, 0.3) is 0 Å². The van der Waals surface area contributed by atoms with Crippen molar-refractivity contribution in [2.24, 2.45) is 0 Å². The quantitative estimate of drug-likeness (QED) is 0.882. The molecule has 1 N–H and O–H groups in total. The summed E-state index contributed by atoms with van der Waals surface area (Å²) in [6, 6.07) is 6.19. The van der Waals surface area contributed by atoms with Crippen LogP contribution in [0.2, 0.25) is 0 Å². The Morgan fingerprint density at radius 1 is 1.33 bits per heavy atom. The minimum atomic E-state index is 0.149. The zero-order chi connectivity index (χ0) is 12.8. The fourth-order valence-electron chi connectivity index (χ4n) is 2.65. The lowest BCUT2D eigenvalue weighted by molar-refractivity contribution is 0.290. The van der Waals surface area contributed by atoms with E-state index in [1.54, 1.807) is 12.3 Å². The van der Waals surface area contributed by atoms with Gasteiger partial charge in [-0.3, -0.25) is 0 Å². The van der Waals surface area contributed by atoms with Crippen LogP contribution < -0.4 is 4.90 Å². The maximum absolute atomic E-state index is 9.21. The van der Waals surface area contributed by atoms with E-state index in [2.05, 4.69) is 9.88 Å². The highest BCUT2D eigenvalue weighted by atomic mass is 16.3. The molecule has 0 unspecified atom stereocenters. The summed E-state index contributed by atoms with van der Waals surface area (Å²) >= 11 is 0. The molecule has 1 aliphatic carbocycles. The normalized spacial score (nSPS) is 16.2. The molecule has 4 nitrogen and oxygen atoms in total. The number of aromatic nitrogens is 1. The number of rotatable bonds is 4. The molecule has 0 bridgehead atoms. The average Bonchev–Trinajstić information content (AvgIpc) is 2.46. The largest absolute Gasteiger partial charge is 0.395 e. The summed E-state index contributed by atoms with van der Waals surface area (Å²) in [5, 5.41) is 18.0. The molecule has 0 aromatic carbocycles. The van der Waals surface area contributed by atoms with Crippen LogP contribution in [0.3, 0.4) is 0 Å². The van der Waals surface area contributed by atoms with Gasteiger partial charge in [-0.05, 0) is 25.0 Å². The topological polar surface area (TPSA) is 60.2 Å². The van der Waals surface area contributed by atoms with Gasteiger partial charge in [0.05, 0.1) is 18.5 Å². The van der Waals surface area contributed by atoms with Crippen molar-refractivity contribution in [2.75, 3.05) is 18.1 Å². The monoisotopic (exact) mass is 245 g/mol. The van der Waals surface area contributed by atoms with Gasteiger partial charge >= 0.3 is 0 Å². The van der Waals surface area contributed by atoms with Crippen LogP contribution in [0.15, 0.2) is 18.3 Å². The molecule has 0 saturated heterocycles. The van der Waals surface area contributed by atoms with E-state index in [4.69, 9.17) is 5.26 Å². The van der Waals surface area contributed by atoms with Crippen molar-refractivity contribution in [1.82, 2.24) is 4.98 Å². The van der Waals surface area contributed by atoms with Gasteiger partial charge in [0.25, 0.3) is 0 Å². The van der Waals surface area contributed by atoms with Crippen LogP contribution in [0, 0.1) is 11.3 Å². The molecular formula is C14H19N3O. The van der Waals surface area contributed by atoms with Gasteiger partial charge in [-0.2, -0.15) is 5.26 Å². The van der Waals surface area contributed by atoms with Crippen molar-refractivity contribution in [3.05, 3.63) is 24.0 Å². The number of nitriles is 1. The van der Waals surface area contributed by atoms with Gasteiger partial charge in [0.1, 0.15) is 11.8 Å². The number of hydrogen-bond donors (Lipinski definition) is 1. The highest BCUT2D eigenvalue weighted by Gasteiger charge is 2.21. The van der Waals surface area contributed by atoms with E-state index in [9.17, 15) is 5.11 Å². The molecule has 96 valence electrons. The zero-order valence-corrected chi connectivity index (χ0v) is 10.5. The summed E-state index contributed by atoms with van der Waals surface area (Å²) in [4.78, 5) is 6.34. The van der Waals surface area contributed by atoms with Crippen LogP contribution in [-0.2, 0) is 0 Å². The Kier molecular flexibility index (Phi) is 4.54. The Morgan fingerprint density at radius 2 is 2.11 bits per heavy atom. The van der Waals surface area contributed by atoms with Crippen LogP contribution >= 0.6 is 0 Å². The van der Waals surface area contributed by atoms with Crippen LogP contribution in [0.1, 0.15) is 37.8 Å². The lowest BCUT2D eigenvalue weighted by Crippen LogP contribution is -2.38. The Morgan fingerprint density at radius 3 is 2.67 bits per heavy atom. The van der Waals surface area contributed by atoms with Crippen molar-refractivity contribution >= 4 is 5.69 Å². The van der Waals surface area contributed by atoms with E-state index in [0.29, 0.717) is 18.3 Å². The van der Waals surface area contributed by atoms with E-state index in [1.807, 2.05) is 12.1 Å². The van der Waals surface area contributed by atoms with Crippen molar-refractivity contribution in [1.29, 1.82) is 5.26 Å². The summed E-state index contributed by atoms with van der Waals surface area (Å²) in [6.07, 6.45) is 7.94. The summed E-state index contributed by atoms with van der Waals surface area (Å²) in [5.74, 6) is 0. The average molecular weight is 245 g/mol. The number of pyridine rings is 1. The number of nitrogens with zero attached hydrogens (tertiary/aromatic N) is 3. The smallest absolute Gasteiger partial charge is 0.140 e. The van der Waals surface area contributed by atoms with Gasteiger partial charge in [0.15, 0.2) is 0 Å². The number of aliphatic hydroxyl groups is 1. The molecule has 2 rings (SSSR count). The van der Waals surface area contributed by atoms with Crippen molar-refractivity contribution in [2.45, 2.75) is 38.1 Å². The van der Waals surface area contributed by atoms with Gasteiger partial charge in [-0.1, -0.05) is 19.3 Å². The Balaban J connectivity index is 2.14. The second-order valence-corrected chi connectivity index (χ2v) is 4.72. The highest BCUT2D eigenvalue weighted by molar-refractivity contribution is 5.47. The molecule has 4 heteroatoms. The number of hydrogen-bond acceptors (Lipinski definition) is 4. The molecule has 18 heavy (non-hydrogen) atoms. The van der Waals surface area contributed by atoms with Crippen molar-refractivity contribution in [3.63, 3.8) is 0 Å². The second kappa shape index (κ2) is 6.36. The zero-order valence-electron chi connectivity index (χ0n) is 10.5. The molecule has 0 spiro atoms. The predicted octanol–water partition coefficient (Wildman–Crippen LogP) is 2.08. The third-order valence-electron chi connectivity index (χ3n) is 3.55. The minimum absolute atomic E-state index is 0.149. The molecule has 0 aliphatic heterocycles. The summed E-state index contributed by atoms with van der Waals surface area (Å²) in [7, 11) is 0. The van der Waals surface area contributed by atoms with Crippen LogP contribution in [-0.4, -0.2) is 29.3 Å². The van der Waals surface area contributed by atoms with Crippen LogP contribution in [0.5, 0.6) is 0 Å². The Bertz CT molecular complexity index is 404. The number of anilines is 1. The second-order valence-electron chi connectivity index (χ2n) is 4.72. The van der Waals surface area contributed by atoms with Gasteiger partial charge in [0.2, 0.25) is 0 Å². The van der Waals surface area contributed by atoms with Crippen molar-refractivity contribution in [3.8, 4) is 6.07 Å². The highest BCUT2D eigenvalue weighted by Crippen LogP contribution is 2.26. The fourth-order valence-corrected chi connectivity index (χ4v) is 2.65. The van der Waals surface area contributed by atoms with Gasteiger partial charge in [0, 0.05) is 12.6 Å². The first kappa shape index (κ1) is 12.8. The SMILES string of the molecule is N#Cc1ccc(N(CCO)C2CCCCC2)cn1. The fraction of sp³-hybridized carbons (Fsp3) is 0.571. The Labute approximate surface area is 108 Å². The minimum Gasteiger partial charge on any atom is -0.395 e. The standard InChI is InChI=1S/C14H19N3O/c15-10-12-6-7-14(11-16-12)17(8-9-18)13-4-2-1-3-5-13/h6-7,11,13,18H,1-5,8-9H2. The van der Waals surface area contributed by atoms with Crippen LogP contribution in [0.4, 0.5) is 5.69 Å². The Hall–Kier alpha value is -1.60.